The van der Waals surface area contributed by atoms with Crippen molar-refractivity contribution in [3.05, 3.63) is 35.4 Å². The molecule has 1 aliphatic carbocycles. The molecule has 0 saturated heterocycles. The van der Waals surface area contributed by atoms with Gasteiger partial charge in [-0.2, -0.15) is 0 Å². The fourth-order valence-electron chi connectivity index (χ4n) is 2.39. The largest absolute Gasteiger partial charge is 0.478 e. The van der Waals surface area contributed by atoms with E-state index in [1.54, 1.807) is 18.4 Å². The van der Waals surface area contributed by atoms with Gasteiger partial charge in [-0.1, -0.05) is 18.6 Å². The molecule has 3 N–H and O–H groups in total. The molecule has 0 radical (unpaired) electrons. The molecule has 0 aromatic heterocycles. The Morgan fingerprint density at radius 2 is 1.86 bits per heavy atom. The molecule has 6 nitrogen and oxygen atoms in total. The van der Waals surface area contributed by atoms with Crippen LogP contribution in [0.15, 0.2) is 24.3 Å². The summed E-state index contributed by atoms with van der Waals surface area (Å²) in [5.74, 6) is -0.976. The van der Waals surface area contributed by atoms with E-state index >= 15 is 0 Å². The minimum absolute atomic E-state index is 0.213. The van der Waals surface area contributed by atoms with Gasteiger partial charge < -0.3 is 15.7 Å². The van der Waals surface area contributed by atoms with Gasteiger partial charge in [0.25, 0.3) is 0 Å². The molecule has 2 amide bonds. The van der Waals surface area contributed by atoms with Crippen LogP contribution in [0.1, 0.15) is 35.2 Å². The lowest BCUT2D eigenvalue weighted by atomic mass is 9.84. The van der Waals surface area contributed by atoms with Gasteiger partial charge in [-0.25, -0.2) is 9.59 Å². The van der Waals surface area contributed by atoms with Crippen LogP contribution in [0.2, 0.25) is 0 Å². The smallest absolute Gasteiger partial charge is 0.335 e. The Bertz CT molecular complexity index is 582. The van der Waals surface area contributed by atoms with Crippen molar-refractivity contribution in [1.29, 1.82) is 0 Å². The fourth-order valence-corrected chi connectivity index (χ4v) is 3.53. The molecule has 1 aromatic carbocycles. The van der Waals surface area contributed by atoms with Crippen LogP contribution in [0, 0.1) is 0 Å². The highest BCUT2D eigenvalue weighted by atomic mass is 32.2. The number of rotatable bonds is 6. The molecule has 0 spiro atoms. The van der Waals surface area contributed by atoms with E-state index in [-0.39, 0.29) is 16.3 Å². The summed E-state index contributed by atoms with van der Waals surface area (Å²) in [7, 11) is -0.944. The van der Waals surface area contributed by atoms with Gasteiger partial charge in [0.05, 0.1) is 10.3 Å². The predicted molar refractivity (Wildman–Crippen MR) is 84.3 cm³/mol. The van der Waals surface area contributed by atoms with E-state index in [1.165, 1.54) is 12.1 Å². The second-order valence-corrected chi connectivity index (χ2v) is 7.30. The summed E-state index contributed by atoms with van der Waals surface area (Å²) in [6.07, 6.45) is 4.50. The highest BCUT2D eigenvalue weighted by Gasteiger charge is 2.40. The first kappa shape index (κ1) is 16.5. The van der Waals surface area contributed by atoms with Crippen LogP contribution in [0.25, 0.3) is 0 Å². The maximum Gasteiger partial charge on any atom is 0.335 e. The molecular weight excluding hydrogens is 304 g/mol. The zero-order valence-electron chi connectivity index (χ0n) is 12.4. The van der Waals surface area contributed by atoms with Crippen LogP contribution in [0.4, 0.5) is 4.79 Å². The van der Waals surface area contributed by atoms with E-state index < -0.39 is 16.8 Å². The molecule has 1 aromatic rings. The Morgan fingerprint density at radius 3 is 2.32 bits per heavy atom. The van der Waals surface area contributed by atoms with Crippen LogP contribution in [-0.2, 0) is 17.3 Å². The second-order valence-electron chi connectivity index (χ2n) is 5.53. The third kappa shape index (κ3) is 3.85. The number of benzene rings is 1. The molecule has 1 saturated carbocycles. The average molecular weight is 324 g/mol. The summed E-state index contributed by atoms with van der Waals surface area (Å²) in [5, 5.41) is 14.3. The molecule has 1 aliphatic rings. The highest BCUT2D eigenvalue weighted by Crippen LogP contribution is 2.36. The number of nitrogens with one attached hydrogen (secondary N) is 2. The number of hydrogen-bond donors (Lipinski definition) is 3. The fraction of sp³-hybridized carbons (Fsp3) is 0.467. The molecule has 2 rings (SSSR count). The summed E-state index contributed by atoms with van der Waals surface area (Å²) >= 11 is 0. The Labute approximate surface area is 131 Å². The first-order valence-electron chi connectivity index (χ1n) is 7.10. The summed E-state index contributed by atoms with van der Waals surface area (Å²) in [6, 6.07) is 6.03. The number of urea groups is 1. The van der Waals surface area contributed by atoms with E-state index in [0.717, 1.165) is 24.8 Å². The van der Waals surface area contributed by atoms with Crippen LogP contribution in [-0.4, -0.2) is 38.9 Å². The number of amides is 2. The van der Waals surface area contributed by atoms with Crippen molar-refractivity contribution in [2.75, 3.05) is 12.8 Å². The number of carbonyl (C=O) groups is 2. The Balaban J connectivity index is 1.78. The average Bonchev–Trinajstić information content (AvgIpc) is 2.44. The van der Waals surface area contributed by atoms with Crippen LogP contribution in [0.5, 0.6) is 0 Å². The van der Waals surface area contributed by atoms with Gasteiger partial charge in [0, 0.05) is 30.1 Å². The minimum atomic E-state index is -0.976. The molecular formula is C15H20N2O4S. The van der Waals surface area contributed by atoms with E-state index in [1.807, 2.05) is 0 Å². The molecule has 7 heteroatoms. The van der Waals surface area contributed by atoms with Crippen molar-refractivity contribution in [2.24, 2.45) is 0 Å². The number of carboxylic acids is 1. The van der Waals surface area contributed by atoms with Gasteiger partial charge in [0.2, 0.25) is 0 Å². The second kappa shape index (κ2) is 6.91. The molecule has 0 aliphatic heterocycles. The standard InChI is InChI=1S/C15H20N2O4S/c1-22(21)15(7-2-8-15)10-17-14(20)16-9-11-3-5-12(6-4-11)13(18)19/h3-6H,2,7-10H2,1H3,(H,18,19)(H2,16,17,20). The number of aromatic carboxylic acids is 1. The first-order valence-corrected chi connectivity index (χ1v) is 8.66. The third-order valence-corrected chi connectivity index (χ3v) is 5.87. The van der Waals surface area contributed by atoms with Gasteiger partial charge >= 0.3 is 12.0 Å². The maximum atomic E-state index is 11.8. The third-order valence-electron chi connectivity index (χ3n) is 4.10. The summed E-state index contributed by atoms with van der Waals surface area (Å²) < 4.78 is 11.5. The lowest BCUT2D eigenvalue weighted by molar-refractivity contribution is 0.0697. The van der Waals surface area contributed by atoms with Gasteiger partial charge in [0.1, 0.15) is 0 Å². The zero-order valence-corrected chi connectivity index (χ0v) is 13.2. The molecule has 1 unspecified atom stereocenters. The van der Waals surface area contributed by atoms with E-state index in [0.29, 0.717) is 13.1 Å². The zero-order chi connectivity index (χ0) is 16.2. The lowest BCUT2D eigenvalue weighted by Crippen LogP contribution is -2.52. The number of carboxylic acid groups (broad SMARTS) is 1. The normalized spacial score (nSPS) is 17.1. The van der Waals surface area contributed by atoms with Crippen molar-refractivity contribution in [3.63, 3.8) is 0 Å². The monoisotopic (exact) mass is 324 g/mol. The maximum absolute atomic E-state index is 11.8. The number of hydrogen-bond acceptors (Lipinski definition) is 3. The molecule has 120 valence electrons. The van der Waals surface area contributed by atoms with Crippen LogP contribution >= 0.6 is 0 Å². The van der Waals surface area contributed by atoms with Crippen LogP contribution < -0.4 is 10.6 Å². The van der Waals surface area contributed by atoms with Crippen LogP contribution in [0.3, 0.4) is 0 Å². The van der Waals surface area contributed by atoms with E-state index in [2.05, 4.69) is 10.6 Å². The van der Waals surface area contributed by atoms with Crippen molar-refractivity contribution >= 4 is 22.8 Å². The van der Waals surface area contributed by atoms with Crippen molar-refractivity contribution in [2.45, 2.75) is 30.6 Å². The summed E-state index contributed by atoms with van der Waals surface area (Å²) in [5.41, 5.74) is 1.03. The van der Waals surface area contributed by atoms with E-state index in [9.17, 15) is 13.8 Å². The summed E-state index contributed by atoms with van der Waals surface area (Å²) in [6.45, 7) is 0.730. The molecule has 0 heterocycles. The molecule has 1 atom stereocenters. The van der Waals surface area contributed by atoms with Gasteiger partial charge in [0.15, 0.2) is 0 Å². The molecule has 0 bridgehead atoms. The van der Waals surface area contributed by atoms with Crippen molar-refractivity contribution < 1.29 is 18.9 Å². The van der Waals surface area contributed by atoms with Gasteiger partial charge in [-0.05, 0) is 30.5 Å². The van der Waals surface area contributed by atoms with Gasteiger partial charge in [-0.15, -0.1) is 0 Å². The SMILES string of the molecule is CS(=O)C1(CNC(=O)NCc2ccc(C(=O)O)cc2)CCC1. The van der Waals surface area contributed by atoms with Crippen molar-refractivity contribution in [3.8, 4) is 0 Å². The Morgan fingerprint density at radius 1 is 1.23 bits per heavy atom. The Kier molecular flexibility index (Phi) is 5.18. The predicted octanol–water partition coefficient (Wildman–Crippen LogP) is 1.49. The molecule has 1 fully saturated rings. The number of carbonyl (C=O) groups excluding carboxylic acids is 1. The quantitative estimate of drug-likeness (QED) is 0.738. The molecule has 22 heavy (non-hydrogen) atoms. The minimum Gasteiger partial charge on any atom is -0.478 e. The van der Waals surface area contributed by atoms with Gasteiger partial charge in [-0.3, -0.25) is 4.21 Å². The summed E-state index contributed by atoms with van der Waals surface area (Å²) in [4.78, 5) is 22.5. The van der Waals surface area contributed by atoms with Crippen molar-refractivity contribution in [1.82, 2.24) is 10.6 Å². The topological polar surface area (TPSA) is 95.5 Å². The first-order chi connectivity index (χ1) is 10.4. The van der Waals surface area contributed by atoms with E-state index in [4.69, 9.17) is 5.11 Å². The Hall–Kier alpha value is -1.89. The lowest BCUT2D eigenvalue weighted by Gasteiger charge is -2.39. The highest BCUT2D eigenvalue weighted by molar-refractivity contribution is 7.85.